The van der Waals surface area contributed by atoms with Crippen LogP contribution in [0.5, 0.6) is 23.0 Å². The van der Waals surface area contributed by atoms with E-state index in [1.54, 1.807) is 52.5 Å². The number of carbonyl (C=O) groups is 2. The zero-order valence-electron chi connectivity index (χ0n) is 18.6. The molecule has 8 heteroatoms. The van der Waals surface area contributed by atoms with Crippen LogP contribution < -0.4 is 18.9 Å². The van der Waals surface area contributed by atoms with Crippen molar-refractivity contribution in [1.82, 2.24) is 4.90 Å². The standard InChI is InChI=1S/C23H29NO7/c1-6-31-23(26)24(12-11-16-7-9-18(27-2)20(13-16)29-4)22(25)15-17-8-10-19(28-3)21(14-17)30-5/h7-10,13-14H,6,11-12,15H2,1-5H3. The van der Waals surface area contributed by atoms with E-state index in [0.717, 1.165) is 10.5 Å². The topological polar surface area (TPSA) is 83.5 Å². The number of nitrogens with zero attached hydrogens (tertiary/aromatic N) is 1. The maximum atomic E-state index is 12.9. The summed E-state index contributed by atoms with van der Waals surface area (Å²) in [5.74, 6) is 1.90. The molecule has 2 aromatic carbocycles. The van der Waals surface area contributed by atoms with Gasteiger partial charge in [0.05, 0.1) is 41.5 Å². The van der Waals surface area contributed by atoms with Crippen LogP contribution in [0, 0.1) is 0 Å². The molecule has 0 aliphatic heterocycles. The van der Waals surface area contributed by atoms with Gasteiger partial charge in [-0.1, -0.05) is 12.1 Å². The summed E-state index contributed by atoms with van der Waals surface area (Å²) in [7, 11) is 6.18. The van der Waals surface area contributed by atoms with E-state index < -0.39 is 6.09 Å². The van der Waals surface area contributed by atoms with Crippen LogP contribution in [0.25, 0.3) is 0 Å². The van der Waals surface area contributed by atoms with E-state index in [2.05, 4.69) is 0 Å². The highest BCUT2D eigenvalue weighted by Gasteiger charge is 2.23. The number of carbonyl (C=O) groups excluding carboxylic acids is 2. The lowest BCUT2D eigenvalue weighted by atomic mass is 10.1. The molecule has 168 valence electrons. The molecule has 0 fully saturated rings. The summed E-state index contributed by atoms with van der Waals surface area (Å²) in [6, 6.07) is 10.7. The molecule has 0 heterocycles. The van der Waals surface area contributed by atoms with Crippen molar-refractivity contribution in [3.05, 3.63) is 47.5 Å². The highest BCUT2D eigenvalue weighted by Crippen LogP contribution is 2.29. The molecule has 0 saturated carbocycles. The third-order valence-corrected chi connectivity index (χ3v) is 4.66. The molecule has 0 bridgehead atoms. The maximum absolute atomic E-state index is 12.9. The number of rotatable bonds is 10. The van der Waals surface area contributed by atoms with Crippen molar-refractivity contribution < 1.29 is 33.3 Å². The second-order valence-electron chi connectivity index (χ2n) is 6.55. The zero-order valence-corrected chi connectivity index (χ0v) is 18.6. The van der Waals surface area contributed by atoms with E-state index in [-0.39, 0.29) is 25.5 Å². The summed E-state index contributed by atoms with van der Waals surface area (Å²) in [6.07, 6.45) is -0.212. The van der Waals surface area contributed by atoms with Crippen LogP contribution in [0.3, 0.4) is 0 Å². The van der Waals surface area contributed by atoms with Crippen LogP contribution in [-0.2, 0) is 22.4 Å². The van der Waals surface area contributed by atoms with Crippen LogP contribution in [0.4, 0.5) is 4.79 Å². The molecule has 0 aliphatic rings. The molecule has 8 nitrogen and oxygen atoms in total. The van der Waals surface area contributed by atoms with Gasteiger partial charge in [-0.05, 0) is 48.7 Å². The molecule has 2 rings (SSSR count). The Kier molecular flexibility index (Phi) is 8.99. The number of hydrogen-bond donors (Lipinski definition) is 0. The van der Waals surface area contributed by atoms with Crippen molar-refractivity contribution in [3.63, 3.8) is 0 Å². The molecule has 0 atom stereocenters. The van der Waals surface area contributed by atoms with Crippen LogP contribution in [0.2, 0.25) is 0 Å². The first-order valence-corrected chi connectivity index (χ1v) is 9.86. The van der Waals surface area contributed by atoms with E-state index in [4.69, 9.17) is 23.7 Å². The second-order valence-corrected chi connectivity index (χ2v) is 6.55. The largest absolute Gasteiger partial charge is 0.493 e. The van der Waals surface area contributed by atoms with Crippen LogP contribution in [0.1, 0.15) is 18.1 Å². The first kappa shape index (κ1) is 23.9. The van der Waals surface area contributed by atoms with Crippen LogP contribution >= 0.6 is 0 Å². The Hall–Kier alpha value is -3.42. The molecule has 0 N–H and O–H groups in total. The average molecular weight is 431 g/mol. The Bertz CT molecular complexity index is 897. The van der Waals surface area contributed by atoms with Crippen molar-refractivity contribution in [2.45, 2.75) is 19.8 Å². The van der Waals surface area contributed by atoms with Crippen molar-refractivity contribution >= 4 is 12.0 Å². The predicted octanol–water partition coefficient (Wildman–Crippen LogP) is 3.49. The van der Waals surface area contributed by atoms with Gasteiger partial charge in [0.2, 0.25) is 5.91 Å². The monoisotopic (exact) mass is 431 g/mol. The lowest BCUT2D eigenvalue weighted by Crippen LogP contribution is -2.39. The zero-order chi connectivity index (χ0) is 22.8. The summed E-state index contributed by atoms with van der Waals surface area (Å²) in [4.78, 5) is 26.5. The number of hydrogen-bond acceptors (Lipinski definition) is 7. The average Bonchev–Trinajstić information content (AvgIpc) is 2.79. The minimum Gasteiger partial charge on any atom is -0.493 e. The molecule has 0 aliphatic carbocycles. The Morgan fingerprint density at radius 1 is 0.774 bits per heavy atom. The SMILES string of the molecule is CCOC(=O)N(CCc1ccc(OC)c(OC)c1)C(=O)Cc1ccc(OC)c(OC)c1. The first-order valence-electron chi connectivity index (χ1n) is 9.86. The van der Waals surface area contributed by atoms with Crippen molar-refractivity contribution in [2.75, 3.05) is 41.6 Å². The molecule has 0 radical (unpaired) electrons. The van der Waals surface area contributed by atoms with Gasteiger partial charge >= 0.3 is 6.09 Å². The van der Waals surface area contributed by atoms with E-state index in [9.17, 15) is 9.59 Å². The molecule has 0 aromatic heterocycles. The Balaban J connectivity index is 2.16. The highest BCUT2D eigenvalue weighted by molar-refractivity contribution is 5.93. The van der Waals surface area contributed by atoms with Gasteiger partial charge in [0.25, 0.3) is 0 Å². The third kappa shape index (κ3) is 6.28. The highest BCUT2D eigenvalue weighted by atomic mass is 16.6. The molecule has 0 unspecified atom stereocenters. The lowest BCUT2D eigenvalue weighted by molar-refractivity contribution is -0.128. The lowest BCUT2D eigenvalue weighted by Gasteiger charge is -2.21. The van der Waals surface area contributed by atoms with Crippen LogP contribution in [0.15, 0.2) is 36.4 Å². The predicted molar refractivity (Wildman–Crippen MR) is 115 cm³/mol. The number of methoxy groups -OCH3 is 4. The minimum atomic E-state index is -0.673. The van der Waals surface area contributed by atoms with Gasteiger partial charge in [0.1, 0.15) is 0 Å². The molecular formula is C23H29NO7. The summed E-state index contributed by atoms with van der Waals surface area (Å²) in [6.45, 7) is 2.04. The first-order chi connectivity index (χ1) is 15.0. The van der Waals surface area contributed by atoms with E-state index in [1.165, 1.54) is 7.11 Å². The van der Waals surface area contributed by atoms with Gasteiger partial charge in [-0.25, -0.2) is 9.69 Å². The normalized spacial score (nSPS) is 10.2. The summed E-state index contributed by atoms with van der Waals surface area (Å²) >= 11 is 0. The van der Waals surface area contributed by atoms with Gasteiger partial charge in [0, 0.05) is 6.54 Å². The van der Waals surface area contributed by atoms with Crippen molar-refractivity contribution in [1.29, 1.82) is 0 Å². The summed E-state index contributed by atoms with van der Waals surface area (Å²) in [5, 5.41) is 0. The Labute approximate surface area is 182 Å². The molecule has 0 spiro atoms. The smallest absolute Gasteiger partial charge is 0.416 e. The van der Waals surface area contributed by atoms with Gasteiger partial charge in [0.15, 0.2) is 23.0 Å². The fourth-order valence-electron chi connectivity index (χ4n) is 3.06. The van der Waals surface area contributed by atoms with Crippen LogP contribution in [-0.4, -0.2) is 58.5 Å². The number of imide groups is 1. The quantitative estimate of drug-likeness (QED) is 0.569. The fourth-order valence-corrected chi connectivity index (χ4v) is 3.06. The number of amides is 2. The Morgan fingerprint density at radius 2 is 1.29 bits per heavy atom. The van der Waals surface area contributed by atoms with E-state index in [0.29, 0.717) is 35.0 Å². The van der Waals surface area contributed by atoms with Crippen molar-refractivity contribution in [3.8, 4) is 23.0 Å². The molecule has 0 saturated heterocycles. The number of benzene rings is 2. The van der Waals surface area contributed by atoms with Gasteiger partial charge in [-0.2, -0.15) is 0 Å². The summed E-state index contributed by atoms with van der Waals surface area (Å²) < 4.78 is 26.2. The second kappa shape index (κ2) is 11.7. The maximum Gasteiger partial charge on any atom is 0.416 e. The third-order valence-electron chi connectivity index (χ3n) is 4.66. The van der Waals surface area contributed by atoms with Gasteiger partial charge in [-0.15, -0.1) is 0 Å². The van der Waals surface area contributed by atoms with Gasteiger partial charge in [-0.3, -0.25) is 4.79 Å². The fraction of sp³-hybridized carbons (Fsp3) is 0.391. The van der Waals surface area contributed by atoms with Crippen molar-refractivity contribution in [2.24, 2.45) is 0 Å². The van der Waals surface area contributed by atoms with E-state index in [1.807, 2.05) is 12.1 Å². The van der Waals surface area contributed by atoms with E-state index >= 15 is 0 Å². The van der Waals surface area contributed by atoms with Gasteiger partial charge < -0.3 is 23.7 Å². The molecule has 2 amide bonds. The molecule has 31 heavy (non-hydrogen) atoms. The molecular weight excluding hydrogens is 402 g/mol. The summed E-state index contributed by atoms with van der Waals surface area (Å²) in [5.41, 5.74) is 1.59. The number of ether oxygens (including phenoxy) is 5. The minimum absolute atomic E-state index is 0.0190. The Morgan fingerprint density at radius 3 is 1.81 bits per heavy atom. The molecule has 2 aromatic rings.